The fraction of sp³-hybridized carbons (Fsp3) is 0.700. The van der Waals surface area contributed by atoms with Gasteiger partial charge in [0, 0.05) is 11.8 Å². The molecule has 0 saturated carbocycles. The first-order valence-electron chi connectivity index (χ1n) is 8.79. The first kappa shape index (κ1) is 16.0. The van der Waals surface area contributed by atoms with Crippen molar-refractivity contribution in [1.29, 1.82) is 0 Å². The van der Waals surface area contributed by atoms with Gasteiger partial charge in [0.05, 0.1) is 18.8 Å². The topological polar surface area (TPSA) is 29.5 Å². The zero-order chi connectivity index (χ0) is 15.9. The van der Waals surface area contributed by atoms with Gasteiger partial charge >= 0.3 is 0 Å². The van der Waals surface area contributed by atoms with E-state index in [4.69, 9.17) is 4.74 Å². The molecule has 1 N–H and O–H groups in total. The predicted molar refractivity (Wildman–Crippen MR) is 90.5 cm³/mol. The summed E-state index contributed by atoms with van der Waals surface area (Å²) in [5.41, 5.74) is 4.15. The number of hydrogen-bond acceptors (Lipinski definition) is 2. The Morgan fingerprint density at radius 2 is 2.18 bits per heavy atom. The maximum absolute atomic E-state index is 11.1. The molecule has 0 radical (unpaired) electrons. The van der Waals surface area contributed by atoms with Crippen molar-refractivity contribution in [1.82, 2.24) is 0 Å². The van der Waals surface area contributed by atoms with Crippen molar-refractivity contribution in [3.05, 3.63) is 34.9 Å². The van der Waals surface area contributed by atoms with Crippen molar-refractivity contribution in [2.45, 2.75) is 59.2 Å². The third-order valence-corrected chi connectivity index (χ3v) is 5.93. The largest absolute Gasteiger partial charge is 0.392 e. The van der Waals surface area contributed by atoms with E-state index in [2.05, 4.69) is 45.9 Å². The molecule has 1 heterocycles. The summed E-state index contributed by atoms with van der Waals surface area (Å²) in [5.74, 6) is 1.60. The van der Waals surface area contributed by atoms with Crippen LogP contribution in [-0.2, 0) is 4.74 Å². The van der Waals surface area contributed by atoms with E-state index in [0.717, 1.165) is 25.9 Å². The fourth-order valence-electron chi connectivity index (χ4n) is 4.63. The van der Waals surface area contributed by atoms with Gasteiger partial charge < -0.3 is 9.84 Å². The number of hydrogen-bond donors (Lipinski definition) is 1. The van der Waals surface area contributed by atoms with E-state index in [1.807, 2.05) is 0 Å². The average molecular weight is 302 g/mol. The van der Waals surface area contributed by atoms with E-state index in [1.165, 1.54) is 16.7 Å². The van der Waals surface area contributed by atoms with Gasteiger partial charge in [0.1, 0.15) is 0 Å². The van der Waals surface area contributed by atoms with Gasteiger partial charge in [0.25, 0.3) is 0 Å². The average Bonchev–Trinajstić information content (AvgIpc) is 2.91. The fourth-order valence-corrected chi connectivity index (χ4v) is 4.63. The van der Waals surface area contributed by atoms with Gasteiger partial charge in [-0.25, -0.2) is 0 Å². The molecule has 22 heavy (non-hydrogen) atoms. The molecule has 3 rings (SSSR count). The second kappa shape index (κ2) is 6.33. The van der Waals surface area contributed by atoms with E-state index in [-0.39, 0.29) is 18.1 Å². The molecule has 0 bridgehead atoms. The van der Waals surface area contributed by atoms with Crippen LogP contribution in [0.25, 0.3) is 0 Å². The standard InChI is InChI=1S/C20H30O2/c1-12(2)6-5-7-13(3)16-9-8-15-11-22-17-10-14(4)18(19(15)17)20(16)21/h6,8,10,13,16-21H,5,7,9,11H2,1-4H3/t13-,16+,17-,18+,19-,20+/m1/s1. The summed E-state index contributed by atoms with van der Waals surface area (Å²) in [5, 5.41) is 11.1. The monoisotopic (exact) mass is 302 g/mol. The SMILES string of the molecule is CC(C)=CCC[C@@H](C)[C@@H]1CC=C2CO[C@@H]3C=C(C)[C@H]([C@H]1O)[C@H]23. The van der Waals surface area contributed by atoms with E-state index in [1.54, 1.807) is 0 Å². The molecule has 2 heteroatoms. The minimum absolute atomic E-state index is 0.214. The van der Waals surface area contributed by atoms with E-state index >= 15 is 0 Å². The number of rotatable bonds is 4. The lowest BCUT2D eigenvalue weighted by Crippen LogP contribution is -2.36. The highest BCUT2D eigenvalue weighted by molar-refractivity contribution is 5.33. The van der Waals surface area contributed by atoms with E-state index in [0.29, 0.717) is 17.8 Å². The normalized spacial score (nSPS) is 38.0. The zero-order valence-electron chi connectivity index (χ0n) is 14.4. The Labute approximate surface area is 134 Å². The molecule has 2 nitrogen and oxygen atoms in total. The molecule has 6 atom stereocenters. The van der Waals surface area contributed by atoms with Gasteiger partial charge in [0.2, 0.25) is 0 Å². The number of aliphatic hydroxyl groups is 1. The molecular weight excluding hydrogens is 272 g/mol. The molecule has 0 amide bonds. The molecule has 0 spiro atoms. The second-order valence-electron chi connectivity index (χ2n) is 7.74. The second-order valence-corrected chi connectivity index (χ2v) is 7.74. The summed E-state index contributed by atoms with van der Waals surface area (Å²) in [6.45, 7) is 9.56. The summed E-state index contributed by atoms with van der Waals surface area (Å²) in [6.07, 6.45) is 10.2. The molecule has 2 aliphatic carbocycles. The van der Waals surface area contributed by atoms with Crippen LogP contribution in [0.2, 0.25) is 0 Å². The van der Waals surface area contributed by atoms with Gasteiger partial charge in [-0.2, -0.15) is 0 Å². The van der Waals surface area contributed by atoms with Gasteiger partial charge in [-0.15, -0.1) is 0 Å². The minimum atomic E-state index is -0.233. The first-order chi connectivity index (χ1) is 10.5. The maximum atomic E-state index is 11.1. The Morgan fingerprint density at radius 3 is 2.91 bits per heavy atom. The summed E-state index contributed by atoms with van der Waals surface area (Å²) in [4.78, 5) is 0. The molecular formula is C20H30O2. The predicted octanol–water partition coefficient (Wildman–Crippen LogP) is 4.27. The van der Waals surface area contributed by atoms with Crippen molar-refractivity contribution >= 4 is 0 Å². The molecule has 0 unspecified atom stereocenters. The van der Waals surface area contributed by atoms with Gasteiger partial charge in [-0.05, 0) is 57.4 Å². The third kappa shape index (κ3) is 2.83. The molecule has 122 valence electrons. The van der Waals surface area contributed by atoms with Crippen molar-refractivity contribution in [3.63, 3.8) is 0 Å². The van der Waals surface area contributed by atoms with Crippen LogP contribution >= 0.6 is 0 Å². The summed E-state index contributed by atoms with van der Waals surface area (Å²) in [7, 11) is 0. The molecule has 0 aromatic carbocycles. The molecule has 1 aliphatic heterocycles. The van der Waals surface area contributed by atoms with Crippen molar-refractivity contribution in [2.75, 3.05) is 6.61 Å². The lowest BCUT2D eigenvalue weighted by Gasteiger charge is -2.33. The highest BCUT2D eigenvalue weighted by Gasteiger charge is 2.49. The lowest BCUT2D eigenvalue weighted by molar-refractivity contribution is 0.0197. The van der Waals surface area contributed by atoms with Crippen LogP contribution < -0.4 is 0 Å². The van der Waals surface area contributed by atoms with E-state index < -0.39 is 0 Å². The van der Waals surface area contributed by atoms with Crippen LogP contribution in [0.3, 0.4) is 0 Å². The maximum Gasteiger partial charge on any atom is 0.0835 e. The molecule has 1 fully saturated rings. The van der Waals surface area contributed by atoms with Crippen LogP contribution in [0.15, 0.2) is 34.9 Å². The summed E-state index contributed by atoms with van der Waals surface area (Å²) in [6, 6.07) is 0. The Balaban J connectivity index is 1.75. The highest BCUT2D eigenvalue weighted by Crippen LogP contribution is 2.49. The number of allylic oxidation sites excluding steroid dienone is 3. The van der Waals surface area contributed by atoms with Crippen molar-refractivity contribution in [2.24, 2.45) is 23.7 Å². The number of aliphatic hydroxyl groups excluding tert-OH is 1. The zero-order valence-corrected chi connectivity index (χ0v) is 14.4. The Kier molecular flexibility index (Phi) is 4.61. The van der Waals surface area contributed by atoms with Gasteiger partial charge in [0.15, 0.2) is 0 Å². The molecule has 0 aromatic rings. The van der Waals surface area contributed by atoms with Gasteiger partial charge in [-0.3, -0.25) is 0 Å². The molecule has 0 aromatic heterocycles. The van der Waals surface area contributed by atoms with Crippen LogP contribution in [-0.4, -0.2) is 23.9 Å². The first-order valence-corrected chi connectivity index (χ1v) is 8.79. The number of ether oxygens (including phenoxy) is 1. The third-order valence-electron chi connectivity index (χ3n) is 5.93. The quantitative estimate of drug-likeness (QED) is 0.786. The van der Waals surface area contributed by atoms with Crippen LogP contribution in [0.4, 0.5) is 0 Å². The van der Waals surface area contributed by atoms with Crippen LogP contribution in [0.1, 0.15) is 47.0 Å². The van der Waals surface area contributed by atoms with Gasteiger partial charge in [-0.1, -0.05) is 36.3 Å². The van der Waals surface area contributed by atoms with Crippen LogP contribution in [0, 0.1) is 23.7 Å². The summed E-state index contributed by atoms with van der Waals surface area (Å²) < 4.78 is 5.89. The molecule has 3 aliphatic rings. The highest BCUT2D eigenvalue weighted by atomic mass is 16.5. The van der Waals surface area contributed by atoms with E-state index in [9.17, 15) is 5.11 Å². The van der Waals surface area contributed by atoms with Crippen molar-refractivity contribution < 1.29 is 9.84 Å². The van der Waals surface area contributed by atoms with Crippen LogP contribution in [0.5, 0.6) is 0 Å². The minimum Gasteiger partial charge on any atom is -0.392 e. The Bertz CT molecular complexity index is 510. The Morgan fingerprint density at radius 1 is 1.41 bits per heavy atom. The lowest BCUT2D eigenvalue weighted by atomic mass is 9.75. The Hall–Kier alpha value is -0.860. The smallest absolute Gasteiger partial charge is 0.0835 e. The van der Waals surface area contributed by atoms with Crippen molar-refractivity contribution in [3.8, 4) is 0 Å². The molecule has 1 saturated heterocycles. The summed E-state index contributed by atoms with van der Waals surface area (Å²) >= 11 is 0.